The van der Waals surface area contributed by atoms with Crippen molar-refractivity contribution >= 4 is 11.6 Å². The van der Waals surface area contributed by atoms with Crippen LogP contribution >= 0.6 is 0 Å². The number of halogens is 1. The zero-order valence-electron chi connectivity index (χ0n) is 12.4. The summed E-state index contributed by atoms with van der Waals surface area (Å²) in [5.74, 6) is -0.562. The molecule has 21 heavy (non-hydrogen) atoms. The van der Waals surface area contributed by atoms with Crippen LogP contribution in [0.5, 0.6) is 0 Å². The summed E-state index contributed by atoms with van der Waals surface area (Å²) < 4.78 is 13.6. The summed E-state index contributed by atoms with van der Waals surface area (Å²) >= 11 is 0. The fraction of sp³-hybridized carbons (Fsp3) is 0.278. The third kappa shape index (κ3) is 4.42. The fourth-order valence-corrected chi connectivity index (χ4v) is 2.13. The maximum absolute atomic E-state index is 13.6. The van der Waals surface area contributed by atoms with Crippen LogP contribution in [0.4, 0.5) is 10.1 Å². The SMILES string of the molecule is CCc1ccc(CCC(=O)Nc2ccc(C)cc2F)cc1. The second-order valence-electron chi connectivity index (χ2n) is 5.20. The van der Waals surface area contributed by atoms with Gasteiger partial charge >= 0.3 is 0 Å². The number of carbonyl (C=O) groups is 1. The minimum absolute atomic E-state index is 0.169. The van der Waals surface area contributed by atoms with Gasteiger partial charge in [-0.15, -0.1) is 0 Å². The first-order chi connectivity index (χ1) is 10.1. The van der Waals surface area contributed by atoms with Gasteiger partial charge in [-0.2, -0.15) is 0 Å². The number of benzene rings is 2. The van der Waals surface area contributed by atoms with Crippen LogP contribution in [-0.4, -0.2) is 5.91 Å². The van der Waals surface area contributed by atoms with Crippen molar-refractivity contribution in [2.45, 2.75) is 33.1 Å². The number of rotatable bonds is 5. The van der Waals surface area contributed by atoms with E-state index in [-0.39, 0.29) is 11.6 Å². The molecule has 2 aromatic carbocycles. The zero-order chi connectivity index (χ0) is 15.2. The Kier molecular flexibility index (Phi) is 5.09. The molecular weight excluding hydrogens is 265 g/mol. The first-order valence-corrected chi connectivity index (χ1v) is 7.22. The highest BCUT2D eigenvalue weighted by atomic mass is 19.1. The molecule has 0 fully saturated rings. The van der Waals surface area contributed by atoms with Crippen molar-refractivity contribution in [3.63, 3.8) is 0 Å². The van der Waals surface area contributed by atoms with Crippen LogP contribution in [0, 0.1) is 12.7 Å². The van der Waals surface area contributed by atoms with E-state index in [2.05, 4.69) is 24.4 Å². The van der Waals surface area contributed by atoms with Gasteiger partial charge in [0.25, 0.3) is 0 Å². The zero-order valence-corrected chi connectivity index (χ0v) is 12.4. The molecule has 3 heteroatoms. The number of hydrogen-bond acceptors (Lipinski definition) is 1. The molecule has 1 amide bonds. The van der Waals surface area contributed by atoms with Crippen LogP contribution in [0.15, 0.2) is 42.5 Å². The van der Waals surface area contributed by atoms with Crippen molar-refractivity contribution in [3.05, 3.63) is 65.0 Å². The highest BCUT2D eigenvalue weighted by Crippen LogP contribution is 2.16. The van der Waals surface area contributed by atoms with Gasteiger partial charge in [-0.05, 0) is 48.6 Å². The second-order valence-corrected chi connectivity index (χ2v) is 5.20. The number of nitrogens with one attached hydrogen (secondary N) is 1. The molecule has 0 heterocycles. The van der Waals surface area contributed by atoms with E-state index in [9.17, 15) is 9.18 Å². The summed E-state index contributed by atoms with van der Waals surface area (Å²) in [6.07, 6.45) is 2.01. The average molecular weight is 285 g/mol. The summed E-state index contributed by atoms with van der Waals surface area (Å²) in [5.41, 5.74) is 3.48. The molecular formula is C18H20FNO. The van der Waals surface area contributed by atoms with E-state index in [0.29, 0.717) is 12.8 Å². The monoisotopic (exact) mass is 285 g/mol. The molecule has 0 aromatic heterocycles. The Morgan fingerprint density at radius 1 is 1.10 bits per heavy atom. The standard InChI is InChI=1S/C18H20FNO/c1-3-14-5-7-15(8-6-14)9-11-18(21)20-17-10-4-13(2)12-16(17)19/h4-8,10,12H,3,9,11H2,1-2H3,(H,20,21). The quantitative estimate of drug-likeness (QED) is 0.873. The lowest BCUT2D eigenvalue weighted by Crippen LogP contribution is -2.13. The minimum Gasteiger partial charge on any atom is -0.324 e. The number of aryl methyl sites for hydroxylation is 3. The van der Waals surface area contributed by atoms with Crippen molar-refractivity contribution in [3.8, 4) is 0 Å². The van der Waals surface area contributed by atoms with E-state index in [1.165, 1.54) is 11.6 Å². The predicted molar refractivity (Wildman–Crippen MR) is 83.9 cm³/mol. The van der Waals surface area contributed by atoms with E-state index in [1.54, 1.807) is 12.1 Å². The lowest BCUT2D eigenvalue weighted by molar-refractivity contribution is -0.116. The maximum Gasteiger partial charge on any atom is 0.224 e. The Labute approximate surface area is 125 Å². The molecule has 0 spiro atoms. The predicted octanol–water partition coefficient (Wildman–Crippen LogP) is 4.27. The van der Waals surface area contributed by atoms with Crippen LogP contribution in [0.3, 0.4) is 0 Å². The van der Waals surface area contributed by atoms with Crippen molar-refractivity contribution in [1.82, 2.24) is 0 Å². The van der Waals surface area contributed by atoms with Gasteiger partial charge < -0.3 is 5.32 Å². The Balaban J connectivity index is 1.89. The highest BCUT2D eigenvalue weighted by Gasteiger charge is 2.07. The number of carbonyl (C=O) groups excluding carboxylic acids is 1. The van der Waals surface area contributed by atoms with Gasteiger partial charge in [0.05, 0.1) is 5.69 Å². The molecule has 0 saturated heterocycles. The van der Waals surface area contributed by atoms with Crippen molar-refractivity contribution in [1.29, 1.82) is 0 Å². The van der Waals surface area contributed by atoms with Crippen LogP contribution in [0.1, 0.15) is 30.0 Å². The van der Waals surface area contributed by atoms with Gasteiger partial charge in [-0.3, -0.25) is 4.79 Å². The van der Waals surface area contributed by atoms with Gasteiger partial charge in [0, 0.05) is 6.42 Å². The highest BCUT2D eigenvalue weighted by molar-refractivity contribution is 5.90. The van der Waals surface area contributed by atoms with E-state index < -0.39 is 5.82 Å². The fourth-order valence-electron chi connectivity index (χ4n) is 2.13. The van der Waals surface area contributed by atoms with E-state index in [1.807, 2.05) is 19.1 Å². The Hall–Kier alpha value is -2.16. The van der Waals surface area contributed by atoms with Crippen LogP contribution in [0.2, 0.25) is 0 Å². The van der Waals surface area contributed by atoms with Crippen LogP contribution in [-0.2, 0) is 17.6 Å². The molecule has 0 aliphatic heterocycles. The summed E-state index contributed by atoms with van der Waals surface area (Å²) in [7, 11) is 0. The number of amides is 1. The molecule has 2 aromatic rings. The summed E-state index contributed by atoms with van der Waals surface area (Å²) in [6, 6.07) is 13.0. The normalized spacial score (nSPS) is 10.4. The summed E-state index contributed by atoms with van der Waals surface area (Å²) in [4.78, 5) is 11.9. The first-order valence-electron chi connectivity index (χ1n) is 7.22. The lowest BCUT2D eigenvalue weighted by atomic mass is 10.1. The molecule has 0 saturated carbocycles. The molecule has 0 radical (unpaired) electrons. The van der Waals surface area contributed by atoms with Crippen molar-refractivity contribution < 1.29 is 9.18 Å². The first kappa shape index (κ1) is 15.2. The third-order valence-electron chi connectivity index (χ3n) is 3.47. The van der Waals surface area contributed by atoms with Gasteiger partial charge in [0.15, 0.2) is 0 Å². The lowest BCUT2D eigenvalue weighted by Gasteiger charge is -2.07. The van der Waals surface area contributed by atoms with Gasteiger partial charge in [-0.1, -0.05) is 37.3 Å². The van der Waals surface area contributed by atoms with Crippen LogP contribution < -0.4 is 5.32 Å². The molecule has 0 bridgehead atoms. The Morgan fingerprint density at radius 3 is 2.38 bits per heavy atom. The van der Waals surface area contributed by atoms with Gasteiger partial charge in [0.2, 0.25) is 5.91 Å². The second kappa shape index (κ2) is 7.02. The summed E-state index contributed by atoms with van der Waals surface area (Å²) in [6.45, 7) is 3.92. The maximum atomic E-state index is 13.6. The van der Waals surface area contributed by atoms with Gasteiger partial charge in [-0.25, -0.2) is 4.39 Å². The molecule has 110 valence electrons. The van der Waals surface area contributed by atoms with Crippen molar-refractivity contribution in [2.24, 2.45) is 0 Å². The largest absolute Gasteiger partial charge is 0.324 e. The smallest absolute Gasteiger partial charge is 0.224 e. The number of anilines is 1. The molecule has 2 nitrogen and oxygen atoms in total. The van der Waals surface area contributed by atoms with Gasteiger partial charge in [0.1, 0.15) is 5.82 Å². The average Bonchev–Trinajstić information content (AvgIpc) is 2.48. The van der Waals surface area contributed by atoms with E-state index in [4.69, 9.17) is 0 Å². The number of hydrogen-bond donors (Lipinski definition) is 1. The third-order valence-corrected chi connectivity index (χ3v) is 3.47. The molecule has 0 aliphatic carbocycles. The minimum atomic E-state index is -0.393. The van der Waals surface area contributed by atoms with Crippen LogP contribution in [0.25, 0.3) is 0 Å². The molecule has 0 aliphatic rings. The van der Waals surface area contributed by atoms with E-state index >= 15 is 0 Å². The molecule has 1 N–H and O–H groups in total. The molecule has 0 unspecified atom stereocenters. The van der Waals surface area contributed by atoms with E-state index in [0.717, 1.165) is 17.5 Å². The molecule has 2 rings (SSSR count). The Bertz CT molecular complexity index is 620. The van der Waals surface area contributed by atoms with Crippen molar-refractivity contribution in [2.75, 3.05) is 5.32 Å². The molecule has 0 atom stereocenters. The summed E-state index contributed by atoms with van der Waals surface area (Å²) in [5, 5.41) is 2.62. The topological polar surface area (TPSA) is 29.1 Å². The Morgan fingerprint density at radius 2 is 1.76 bits per heavy atom.